The third kappa shape index (κ3) is 2.13. The number of nitrogens with two attached hydrogens (primary N) is 1. The van der Waals surface area contributed by atoms with Crippen molar-refractivity contribution in [1.29, 1.82) is 0 Å². The predicted octanol–water partition coefficient (Wildman–Crippen LogP) is 1.49. The van der Waals surface area contributed by atoms with Gasteiger partial charge in [-0.1, -0.05) is 13.0 Å². The zero-order valence-electron chi connectivity index (χ0n) is 10.3. The molecule has 1 aromatic carbocycles. The molecule has 4 heteroatoms. The Labute approximate surface area is 101 Å². The first kappa shape index (κ1) is 11.9. The highest BCUT2D eigenvalue weighted by molar-refractivity contribution is 5.97. The second-order valence-electron chi connectivity index (χ2n) is 4.31. The van der Waals surface area contributed by atoms with Gasteiger partial charge in [-0.2, -0.15) is 0 Å². The summed E-state index contributed by atoms with van der Waals surface area (Å²) < 4.78 is 5.39. The SMILES string of the molecule is CCC(CN)c1ccc2c(c1)N(C)C(=O)CO2. The maximum Gasteiger partial charge on any atom is 0.264 e. The van der Waals surface area contributed by atoms with E-state index in [1.807, 2.05) is 18.2 Å². The van der Waals surface area contributed by atoms with Gasteiger partial charge in [0.15, 0.2) is 6.61 Å². The molecule has 1 amide bonds. The summed E-state index contributed by atoms with van der Waals surface area (Å²) in [5.41, 5.74) is 7.75. The van der Waals surface area contributed by atoms with Gasteiger partial charge in [-0.25, -0.2) is 0 Å². The molecule has 17 heavy (non-hydrogen) atoms. The lowest BCUT2D eigenvalue weighted by Gasteiger charge is -2.27. The summed E-state index contributed by atoms with van der Waals surface area (Å²) in [6.07, 6.45) is 0.994. The fourth-order valence-corrected chi connectivity index (χ4v) is 2.08. The number of anilines is 1. The molecular formula is C13H18N2O2. The molecule has 0 aliphatic carbocycles. The monoisotopic (exact) mass is 234 g/mol. The van der Waals surface area contributed by atoms with Crippen LogP contribution >= 0.6 is 0 Å². The Kier molecular flexibility index (Phi) is 3.33. The van der Waals surface area contributed by atoms with Crippen molar-refractivity contribution in [2.24, 2.45) is 5.73 Å². The molecule has 1 aliphatic heterocycles. The van der Waals surface area contributed by atoms with E-state index >= 15 is 0 Å². The zero-order chi connectivity index (χ0) is 12.4. The molecule has 0 bridgehead atoms. The number of carbonyl (C=O) groups is 1. The first-order chi connectivity index (χ1) is 8.17. The summed E-state index contributed by atoms with van der Waals surface area (Å²) in [6.45, 7) is 2.85. The van der Waals surface area contributed by atoms with Gasteiger partial charge in [-0.15, -0.1) is 0 Å². The number of likely N-dealkylation sites (N-methyl/N-ethyl adjacent to an activating group) is 1. The summed E-state index contributed by atoms with van der Waals surface area (Å²) in [4.78, 5) is 13.2. The average molecular weight is 234 g/mol. The second-order valence-corrected chi connectivity index (χ2v) is 4.31. The fraction of sp³-hybridized carbons (Fsp3) is 0.462. The molecule has 0 saturated carbocycles. The van der Waals surface area contributed by atoms with Crippen molar-refractivity contribution in [3.05, 3.63) is 23.8 Å². The van der Waals surface area contributed by atoms with Crippen molar-refractivity contribution in [1.82, 2.24) is 0 Å². The minimum Gasteiger partial charge on any atom is -0.482 e. The number of hydrogen-bond acceptors (Lipinski definition) is 3. The van der Waals surface area contributed by atoms with Crippen molar-refractivity contribution in [2.75, 3.05) is 25.1 Å². The van der Waals surface area contributed by atoms with Gasteiger partial charge >= 0.3 is 0 Å². The van der Waals surface area contributed by atoms with Gasteiger partial charge in [-0.3, -0.25) is 4.79 Å². The Bertz CT molecular complexity index is 427. The van der Waals surface area contributed by atoms with E-state index in [0.29, 0.717) is 12.5 Å². The topological polar surface area (TPSA) is 55.6 Å². The van der Waals surface area contributed by atoms with Crippen LogP contribution in [0.3, 0.4) is 0 Å². The molecule has 0 aromatic heterocycles. The van der Waals surface area contributed by atoms with E-state index in [9.17, 15) is 4.79 Å². The van der Waals surface area contributed by atoms with Crippen molar-refractivity contribution in [3.63, 3.8) is 0 Å². The smallest absolute Gasteiger partial charge is 0.264 e. The van der Waals surface area contributed by atoms with Gasteiger partial charge in [0.1, 0.15) is 5.75 Å². The van der Waals surface area contributed by atoms with Crippen LogP contribution in [-0.4, -0.2) is 26.1 Å². The number of ether oxygens (including phenoxy) is 1. The molecular weight excluding hydrogens is 216 g/mol. The fourth-order valence-electron chi connectivity index (χ4n) is 2.08. The number of hydrogen-bond donors (Lipinski definition) is 1. The number of nitrogens with zero attached hydrogens (tertiary/aromatic N) is 1. The van der Waals surface area contributed by atoms with Crippen LogP contribution in [-0.2, 0) is 4.79 Å². The first-order valence-corrected chi connectivity index (χ1v) is 5.90. The van der Waals surface area contributed by atoms with Crippen LogP contribution in [0.5, 0.6) is 5.75 Å². The first-order valence-electron chi connectivity index (χ1n) is 5.90. The molecule has 1 unspecified atom stereocenters. The van der Waals surface area contributed by atoms with Crippen molar-refractivity contribution >= 4 is 11.6 Å². The lowest BCUT2D eigenvalue weighted by atomic mass is 9.95. The van der Waals surface area contributed by atoms with Crippen molar-refractivity contribution < 1.29 is 9.53 Å². The molecule has 4 nitrogen and oxygen atoms in total. The maximum absolute atomic E-state index is 11.6. The van der Waals surface area contributed by atoms with Crippen LogP contribution in [0.15, 0.2) is 18.2 Å². The van der Waals surface area contributed by atoms with Gasteiger partial charge in [0.05, 0.1) is 5.69 Å². The molecule has 1 atom stereocenters. The Hall–Kier alpha value is -1.55. The highest BCUT2D eigenvalue weighted by Gasteiger charge is 2.23. The largest absolute Gasteiger partial charge is 0.482 e. The zero-order valence-corrected chi connectivity index (χ0v) is 10.3. The molecule has 2 N–H and O–H groups in total. The van der Waals surface area contributed by atoms with Gasteiger partial charge in [0, 0.05) is 7.05 Å². The number of benzene rings is 1. The molecule has 1 aromatic rings. The van der Waals surface area contributed by atoms with Crippen molar-refractivity contribution in [2.45, 2.75) is 19.3 Å². The summed E-state index contributed by atoms with van der Waals surface area (Å²) in [6, 6.07) is 5.96. The molecule has 1 aliphatic rings. The minimum atomic E-state index is -0.0181. The predicted molar refractivity (Wildman–Crippen MR) is 67.4 cm³/mol. The summed E-state index contributed by atoms with van der Waals surface area (Å²) >= 11 is 0. The third-order valence-electron chi connectivity index (χ3n) is 3.32. The van der Waals surface area contributed by atoms with Crippen LogP contribution in [0, 0.1) is 0 Å². The van der Waals surface area contributed by atoms with E-state index in [1.165, 1.54) is 5.56 Å². The average Bonchev–Trinajstić information content (AvgIpc) is 2.36. The highest BCUT2D eigenvalue weighted by Crippen LogP contribution is 2.34. The van der Waals surface area contributed by atoms with Gasteiger partial charge in [-0.05, 0) is 36.6 Å². The number of fused-ring (bicyclic) bond motifs is 1. The quantitative estimate of drug-likeness (QED) is 0.862. The lowest BCUT2D eigenvalue weighted by Crippen LogP contribution is -2.35. The van der Waals surface area contributed by atoms with Crippen LogP contribution < -0.4 is 15.4 Å². The van der Waals surface area contributed by atoms with Gasteiger partial charge < -0.3 is 15.4 Å². The van der Waals surface area contributed by atoms with E-state index in [4.69, 9.17) is 10.5 Å². The minimum absolute atomic E-state index is 0.0181. The standard InChI is InChI=1S/C13H18N2O2/c1-3-9(7-14)10-4-5-12-11(6-10)15(2)13(16)8-17-12/h4-6,9H,3,7-8,14H2,1-2H3. The van der Waals surface area contributed by atoms with E-state index in [-0.39, 0.29) is 12.5 Å². The Balaban J connectivity index is 2.38. The van der Waals surface area contributed by atoms with Crippen molar-refractivity contribution in [3.8, 4) is 5.75 Å². The van der Waals surface area contributed by atoms with Crippen LogP contribution in [0.2, 0.25) is 0 Å². The number of carbonyl (C=O) groups excluding carboxylic acids is 1. The summed E-state index contributed by atoms with van der Waals surface area (Å²) in [5, 5.41) is 0. The van der Waals surface area contributed by atoms with Crippen LogP contribution in [0.25, 0.3) is 0 Å². The normalized spacial score (nSPS) is 16.4. The molecule has 0 radical (unpaired) electrons. The Morgan fingerprint density at radius 2 is 2.29 bits per heavy atom. The molecule has 0 fully saturated rings. The maximum atomic E-state index is 11.6. The Morgan fingerprint density at radius 3 is 2.94 bits per heavy atom. The number of amides is 1. The molecule has 0 spiro atoms. The summed E-state index contributed by atoms with van der Waals surface area (Å²) in [7, 11) is 1.77. The molecule has 2 rings (SSSR count). The van der Waals surface area contributed by atoms with Gasteiger partial charge in [0.25, 0.3) is 5.91 Å². The van der Waals surface area contributed by atoms with E-state index in [1.54, 1.807) is 11.9 Å². The highest BCUT2D eigenvalue weighted by atomic mass is 16.5. The second kappa shape index (κ2) is 4.75. The Morgan fingerprint density at radius 1 is 1.53 bits per heavy atom. The van der Waals surface area contributed by atoms with E-state index < -0.39 is 0 Å². The lowest BCUT2D eigenvalue weighted by molar-refractivity contribution is -0.120. The van der Waals surface area contributed by atoms with Crippen LogP contribution in [0.4, 0.5) is 5.69 Å². The van der Waals surface area contributed by atoms with E-state index in [2.05, 4.69) is 6.92 Å². The van der Waals surface area contributed by atoms with E-state index in [0.717, 1.165) is 17.9 Å². The third-order valence-corrected chi connectivity index (χ3v) is 3.32. The molecule has 1 heterocycles. The van der Waals surface area contributed by atoms with Gasteiger partial charge in [0.2, 0.25) is 0 Å². The summed E-state index contributed by atoms with van der Waals surface area (Å²) in [5.74, 6) is 1.09. The molecule has 0 saturated heterocycles. The van der Waals surface area contributed by atoms with Crippen LogP contribution in [0.1, 0.15) is 24.8 Å². The molecule has 92 valence electrons. The number of rotatable bonds is 3.